The molecule has 0 aromatic heterocycles. The standard InChI is InChI=1S/C11H21NO5/c1-10(2,3)17-9(15)12-5-4-11(16,7-13)8(14)6-12/h8,13-14,16H,4-7H2,1-3H3. The third-order valence-electron chi connectivity index (χ3n) is 2.75. The fraction of sp³-hybridized carbons (Fsp3) is 0.909. The van der Waals surface area contributed by atoms with Gasteiger partial charge in [0.05, 0.1) is 13.2 Å². The van der Waals surface area contributed by atoms with E-state index >= 15 is 0 Å². The summed E-state index contributed by atoms with van der Waals surface area (Å²) < 4.78 is 5.16. The Labute approximate surface area is 101 Å². The highest BCUT2D eigenvalue weighted by atomic mass is 16.6. The van der Waals surface area contributed by atoms with Gasteiger partial charge in [-0.25, -0.2) is 4.79 Å². The first-order valence-corrected chi connectivity index (χ1v) is 5.67. The van der Waals surface area contributed by atoms with Crippen LogP contribution in [-0.2, 0) is 4.74 Å². The molecule has 1 fully saturated rings. The number of β-amino-alcohol motifs (C(OH)–C–C–N with tert-alkyl or cyclic N) is 1. The number of ether oxygens (including phenoxy) is 1. The van der Waals surface area contributed by atoms with E-state index in [-0.39, 0.29) is 19.5 Å². The van der Waals surface area contributed by atoms with Crippen LogP contribution in [0.4, 0.5) is 4.79 Å². The SMILES string of the molecule is CC(C)(C)OC(=O)N1CCC(O)(CO)C(O)C1. The van der Waals surface area contributed by atoms with Crippen LogP contribution in [0, 0.1) is 0 Å². The average Bonchev–Trinajstić information content (AvgIpc) is 2.19. The zero-order chi connectivity index (χ0) is 13.3. The Morgan fingerprint density at radius 3 is 2.53 bits per heavy atom. The normalized spacial score (nSPS) is 30.2. The number of rotatable bonds is 1. The first-order chi connectivity index (χ1) is 7.68. The number of amides is 1. The zero-order valence-electron chi connectivity index (χ0n) is 10.5. The quantitative estimate of drug-likeness (QED) is 0.592. The van der Waals surface area contributed by atoms with Crippen LogP contribution in [0.5, 0.6) is 0 Å². The summed E-state index contributed by atoms with van der Waals surface area (Å²) in [6, 6.07) is 0. The smallest absolute Gasteiger partial charge is 0.410 e. The number of likely N-dealkylation sites (tertiary alicyclic amines) is 1. The second kappa shape index (κ2) is 4.80. The molecule has 0 spiro atoms. The summed E-state index contributed by atoms with van der Waals surface area (Å²) in [5.74, 6) is 0. The van der Waals surface area contributed by atoms with Gasteiger partial charge in [-0.1, -0.05) is 0 Å². The number of aliphatic hydroxyl groups is 3. The molecule has 3 N–H and O–H groups in total. The highest BCUT2D eigenvalue weighted by Gasteiger charge is 2.42. The van der Waals surface area contributed by atoms with Gasteiger partial charge in [0.1, 0.15) is 17.3 Å². The van der Waals surface area contributed by atoms with Crippen LogP contribution in [0.2, 0.25) is 0 Å². The van der Waals surface area contributed by atoms with Crippen molar-refractivity contribution in [3.63, 3.8) is 0 Å². The first-order valence-electron chi connectivity index (χ1n) is 5.67. The van der Waals surface area contributed by atoms with Crippen molar-refractivity contribution in [3.05, 3.63) is 0 Å². The third-order valence-corrected chi connectivity index (χ3v) is 2.75. The lowest BCUT2D eigenvalue weighted by Gasteiger charge is -2.41. The van der Waals surface area contributed by atoms with E-state index in [1.807, 2.05) is 0 Å². The molecule has 0 aromatic rings. The van der Waals surface area contributed by atoms with E-state index in [4.69, 9.17) is 9.84 Å². The van der Waals surface area contributed by atoms with Gasteiger partial charge in [0, 0.05) is 6.54 Å². The molecule has 100 valence electrons. The van der Waals surface area contributed by atoms with Crippen LogP contribution >= 0.6 is 0 Å². The molecule has 0 saturated carbocycles. The van der Waals surface area contributed by atoms with E-state index < -0.39 is 30.0 Å². The van der Waals surface area contributed by atoms with Crippen molar-refractivity contribution in [3.8, 4) is 0 Å². The molecule has 1 saturated heterocycles. The topological polar surface area (TPSA) is 90.2 Å². The van der Waals surface area contributed by atoms with Crippen LogP contribution in [0.3, 0.4) is 0 Å². The number of hydrogen-bond donors (Lipinski definition) is 3. The predicted molar refractivity (Wildman–Crippen MR) is 60.5 cm³/mol. The lowest BCUT2D eigenvalue weighted by molar-refractivity contribution is -0.139. The maximum atomic E-state index is 11.7. The fourth-order valence-electron chi connectivity index (χ4n) is 1.64. The number of hydrogen-bond acceptors (Lipinski definition) is 5. The summed E-state index contributed by atoms with van der Waals surface area (Å²) in [6.07, 6.45) is -1.55. The summed E-state index contributed by atoms with van der Waals surface area (Å²) in [7, 11) is 0. The molecular formula is C11H21NO5. The molecule has 6 heteroatoms. The van der Waals surface area contributed by atoms with Crippen LogP contribution in [0.15, 0.2) is 0 Å². The van der Waals surface area contributed by atoms with E-state index in [2.05, 4.69) is 0 Å². The van der Waals surface area contributed by atoms with Crippen molar-refractivity contribution in [1.29, 1.82) is 0 Å². The Morgan fingerprint density at radius 1 is 1.53 bits per heavy atom. The Morgan fingerprint density at radius 2 is 2.12 bits per heavy atom. The molecule has 6 nitrogen and oxygen atoms in total. The van der Waals surface area contributed by atoms with Gasteiger partial charge >= 0.3 is 6.09 Å². The van der Waals surface area contributed by atoms with Crippen molar-refractivity contribution < 1.29 is 24.9 Å². The molecule has 0 aromatic carbocycles. The summed E-state index contributed by atoms with van der Waals surface area (Å²) in [5, 5.41) is 28.5. The van der Waals surface area contributed by atoms with Crippen molar-refractivity contribution in [2.75, 3.05) is 19.7 Å². The Bertz CT molecular complexity index is 288. The maximum absolute atomic E-state index is 11.7. The fourth-order valence-corrected chi connectivity index (χ4v) is 1.64. The molecule has 0 aliphatic carbocycles. The lowest BCUT2D eigenvalue weighted by Crippen LogP contribution is -2.59. The van der Waals surface area contributed by atoms with Crippen LogP contribution < -0.4 is 0 Å². The summed E-state index contributed by atoms with van der Waals surface area (Å²) in [4.78, 5) is 13.0. The van der Waals surface area contributed by atoms with E-state index in [1.54, 1.807) is 20.8 Å². The Hall–Kier alpha value is -0.850. The monoisotopic (exact) mass is 247 g/mol. The third kappa shape index (κ3) is 3.55. The molecule has 2 unspecified atom stereocenters. The van der Waals surface area contributed by atoms with Gasteiger partial charge in [-0.15, -0.1) is 0 Å². The van der Waals surface area contributed by atoms with E-state index in [9.17, 15) is 15.0 Å². The zero-order valence-corrected chi connectivity index (χ0v) is 10.5. The molecule has 1 amide bonds. The molecule has 1 aliphatic heterocycles. The van der Waals surface area contributed by atoms with Crippen molar-refractivity contribution in [2.45, 2.75) is 44.5 Å². The molecule has 0 bridgehead atoms. The molecule has 2 atom stereocenters. The highest BCUT2D eigenvalue weighted by molar-refractivity contribution is 5.68. The average molecular weight is 247 g/mol. The number of piperidine rings is 1. The van der Waals surface area contributed by atoms with Gasteiger partial charge in [-0.05, 0) is 27.2 Å². The van der Waals surface area contributed by atoms with Gasteiger partial charge in [0.25, 0.3) is 0 Å². The number of nitrogens with zero attached hydrogens (tertiary/aromatic N) is 1. The van der Waals surface area contributed by atoms with Crippen molar-refractivity contribution in [2.24, 2.45) is 0 Å². The van der Waals surface area contributed by atoms with Gasteiger partial charge in [-0.3, -0.25) is 0 Å². The minimum Gasteiger partial charge on any atom is -0.444 e. The van der Waals surface area contributed by atoms with Crippen LogP contribution in [0.25, 0.3) is 0 Å². The van der Waals surface area contributed by atoms with E-state index in [1.165, 1.54) is 4.90 Å². The molecule has 1 aliphatic rings. The predicted octanol–water partition coefficient (Wildman–Crippen LogP) is -0.289. The number of carbonyl (C=O) groups excluding carboxylic acids is 1. The molecule has 1 heterocycles. The van der Waals surface area contributed by atoms with Crippen molar-refractivity contribution >= 4 is 6.09 Å². The van der Waals surface area contributed by atoms with Crippen LogP contribution in [-0.4, -0.2) is 63.3 Å². The highest BCUT2D eigenvalue weighted by Crippen LogP contribution is 2.23. The van der Waals surface area contributed by atoms with Gasteiger partial charge in [0.15, 0.2) is 0 Å². The molecule has 1 rings (SSSR count). The number of carbonyl (C=O) groups is 1. The summed E-state index contributed by atoms with van der Waals surface area (Å²) >= 11 is 0. The Balaban J connectivity index is 2.58. The van der Waals surface area contributed by atoms with Gasteiger partial charge in [-0.2, -0.15) is 0 Å². The van der Waals surface area contributed by atoms with Crippen LogP contribution in [0.1, 0.15) is 27.2 Å². The van der Waals surface area contributed by atoms with Gasteiger partial charge in [0.2, 0.25) is 0 Å². The lowest BCUT2D eigenvalue weighted by atomic mass is 9.90. The van der Waals surface area contributed by atoms with Gasteiger partial charge < -0.3 is 25.0 Å². The molecular weight excluding hydrogens is 226 g/mol. The minimum absolute atomic E-state index is 0.0357. The maximum Gasteiger partial charge on any atom is 0.410 e. The first kappa shape index (κ1) is 14.2. The van der Waals surface area contributed by atoms with E-state index in [0.717, 1.165) is 0 Å². The largest absolute Gasteiger partial charge is 0.444 e. The second-order valence-electron chi connectivity index (χ2n) is 5.45. The Kier molecular flexibility index (Phi) is 4.01. The minimum atomic E-state index is -1.52. The number of aliphatic hydroxyl groups excluding tert-OH is 2. The molecule has 0 radical (unpaired) electrons. The van der Waals surface area contributed by atoms with Crippen molar-refractivity contribution in [1.82, 2.24) is 4.90 Å². The summed E-state index contributed by atoms with van der Waals surface area (Å²) in [5.41, 5.74) is -2.11. The van der Waals surface area contributed by atoms with E-state index in [0.29, 0.717) is 0 Å². The second-order valence-corrected chi connectivity index (χ2v) is 5.45. The summed E-state index contributed by atoms with van der Waals surface area (Å²) in [6.45, 7) is 4.98. The molecule has 17 heavy (non-hydrogen) atoms.